The summed E-state index contributed by atoms with van der Waals surface area (Å²) in [5, 5.41) is 0. The average Bonchev–Trinajstić information content (AvgIpc) is 2.61. The molecule has 120 valence electrons. The summed E-state index contributed by atoms with van der Waals surface area (Å²) in [6.07, 6.45) is 5.49. The van der Waals surface area contributed by atoms with Crippen molar-refractivity contribution >= 4 is 29.4 Å². The number of hydrogen-bond donors (Lipinski definition) is 0. The Balaban J connectivity index is 2.11. The standard InChI is InChI=1S/C19H21NO2S/c1-22-18-11-8-16(9-12-18)10-13-19(21)20(14-15-23-2)17-6-4-3-5-7-17/h3-13H,14-15H2,1-2H3. The van der Waals surface area contributed by atoms with E-state index in [1.54, 1.807) is 29.8 Å². The van der Waals surface area contributed by atoms with Crippen LogP contribution in [0.3, 0.4) is 0 Å². The van der Waals surface area contributed by atoms with Crippen LogP contribution < -0.4 is 9.64 Å². The van der Waals surface area contributed by atoms with Gasteiger partial charge in [0.1, 0.15) is 5.75 Å². The molecule has 0 radical (unpaired) electrons. The number of carbonyl (C=O) groups is 1. The van der Waals surface area contributed by atoms with Crippen LogP contribution in [-0.2, 0) is 4.79 Å². The Bertz CT molecular complexity index is 638. The molecule has 0 aromatic heterocycles. The molecule has 1 amide bonds. The molecule has 0 saturated heterocycles. The van der Waals surface area contributed by atoms with E-state index in [0.29, 0.717) is 6.54 Å². The first-order chi connectivity index (χ1) is 11.2. The third-order valence-corrected chi connectivity index (χ3v) is 3.98. The molecule has 0 N–H and O–H groups in total. The fourth-order valence-electron chi connectivity index (χ4n) is 2.13. The van der Waals surface area contributed by atoms with E-state index in [-0.39, 0.29) is 5.91 Å². The van der Waals surface area contributed by atoms with E-state index in [2.05, 4.69) is 0 Å². The highest BCUT2D eigenvalue weighted by molar-refractivity contribution is 7.98. The molecule has 0 aliphatic heterocycles. The maximum atomic E-state index is 12.6. The number of rotatable bonds is 7. The van der Waals surface area contributed by atoms with Gasteiger partial charge in [-0.15, -0.1) is 0 Å². The van der Waals surface area contributed by atoms with Gasteiger partial charge in [-0.25, -0.2) is 0 Å². The maximum absolute atomic E-state index is 12.6. The van der Waals surface area contributed by atoms with Crippen molar-refractivity contribution in [1.82, 2.24) is 0 Å². The Kier molecular flexibility index (Phi) is 6.76. The number of amides is 1. The highest BCUT2D eigenvalue weighted by atomic mass is 32.2. The Morgan fingerprint density at radius 3 is 2.43 bits per heavy atom. The van der Waals surface area contributed by atoms with Gasteiger partial charge < -0.3 is 9.64 Å². The number of thioether (sulfide) groups is 1. The Hall–Kier alpha value is -2.20. The first kappa shape index (κ1) is 17.2. The molecule has 0 aliphatic carbocycles. The number of anilines is 1. The third-order valence-electron chi connectivity index (χ3n) is 3.39. The molecule has 2 aromatic carbocycles. The number of ether oxygens (including phenoxy) is 1. The van der Waals surface area contributed by atoms with Crippen molar-refractivity contribution in [3.05, 3.63) is 66.2 Å². The molecule has 0 heterocycles. The molecule has 2 rings (SSSR count). The molecule has 0 aliphatic rings. The second-order valence-corrected chi connectivity index (χ2v) is 5.91. The molecule has 0 atom stereocenters. The number of nitrogens with zero attached hydrogens (tertiary/aromatic N) is 1. The molecule has 2 aromatic rings. The van der Waals surface area contributed by atoms with Crippen LogP contribution in [0, 0.1) is 0 Å². The Morgan fingerprint density at radius 2 is 1.83 bits per heavy atom. The normalized spacial score (nSPS) is 10.7. The highest BCUT2D eigenvalue weighted by Gasteiger charge is 2.12. The van der Waals surface area contributed by atoms with E-state index in [1.807, 2.05) is 66.9 Å². The highest BCUT2D eigenvalue weighted by Crippen LogP contribution is 2.16. The fourth-order valence-corrected chi connectivity index (χ4v) is 2.49. The van der Waals surface area contributed by atoms with E-state index in [0.717, 1.165) is 22.8 Å². The van der Waals surface area contributed by atoms with E-state index in [9.17, 15) is 4.79 Å². The zero-order valence-electron chi connectivity index (χ0n) is 13.4. The van der Waals surface area contributed by atoms with Crippen molar-refractivity contribution in [2.75, 3.05) is 30.6 Å². The number of methoxy groups -OCH3 is 1. The molecule has 0 unspecified atom stereocenters. The van der Waals surface area contributed by atoms with Gasteiger partial charge in [0, 0.05) is 24.1 Å². The minimum atomic E-state index is -0.0129. The smallest absolute Gasteiger partial charge is 0.251 e. The third kappa shape index (κ3) is 5.18. The second-order valence-electron chi connectivity index (χ2n) is 4.92. The van der Waals surface area contributed by atoms with Gasteiger partial charge in [0.2, 0.25) is 0 Å². The van der Waals surface area contributed by atoms with Gasteiger partial charge >= 0.3 is 0 Å². The van der Waals surface area contributed by atoms with Crippen LogP contribution in [0.25, 0.3) is 6.08 Å². The summed E-state index contributed by atoms with van der Waals surface area (Å²) in [5.74, 6) is 1.69. The molecule has 3 nitrogen and oxygen atoms in total. The largest absolute Gasteiger partial charge is 0.497 e. The lowest BCUT2D eigenvalue weighted by Crippen LogP contribution is -2.31. The number of carbonyl (C=O) groups excluding carboxylic acids is 1. The summed E-state index contributed by atoms with van der Waals surface area (Å²) in [6.45, 7) is 0.691. The maximum Gasteiger partial charge on any atom is 0.251 e. The summed E-state index contributed by atoms with van der Waals surface area (Å²) in [7, 11) is 1.64. The number of hydrogen-bond acceptors (Lipinski definition) is 3. The quantitative estimate of drug-likeness (QED) is 0.717. The zero-order chi connectivity index (χ0) is 16.5. The average molecular weight is 327 g/mol. The van der Waals surface area contributed by atoms with Crippen LogP contribution >= 0.6 is 11.8 Å². The summed E-state index contributed by atoms with van der Waals surface area (Å²) in [6, 6.07) is 17.4. The molecule has 0 bridgehead atoms. The molecule has 23 heavy (non-hydrogen) atoms. The second kappa shape index (κ2) is 9.06. The minimum absolute atomic E-state index is 0.0129. The van der Waals surface area contributed by atoms with Gasteiger partial charge in [0.05, 0.1) is 7.11 Å². The molecule has 4 heteroatoms. The first-order valence-corrected chi connectivity index (χ1v) is 8.81. The van der Waals surface area contributed by atoms with Crippen molar-refractivity contribution < 1.29 is 9.53 Å². The van der Waals surface area contributed by atoms with Crippen LogP contribution in [0.2, 0.25) is 0 Å². The van der Waals surface area contributed by atoms with Crippen molar-refractivity contribution in [3.8, 4) is 5.75 Å². The zero-order valence-corrected chi connectivity index (χ0v) is 14.3. The van der Waals surface area contributed by atoms with Crippen LogP contribution in [-0.4, -0.2) is 31.6 Å². The molecule has 0 fully saturated rings. The molecular formula is C19H21NO2S. The van der Waals surface area contributed by atoms with Gasteiger partial charge in [-0.3, -0.25) is 4.79 Å². The monoisotopic (exact) mass is 327 g/mol. The van der Waals surface area contributed by atoms with Gasteiger partial charge in [-0.05, 0) is 42.2 Å². The lowest BCUT2D eigenvalue weighted by atomic mass is 10.2. The van der Waals surface area contributed by atoms with E-state index in [4.69, 9.17) is 4.74 Å². The molecular weight excluding hydrogens is 306 g/mol. The van der Waals surface area contributed by atoms with Crippen LogP contribution in [0.4, 0.5) is 5.69 Å². The van der Waals surface area contributed by atoms with Crippen molar-refractivity contribution in [2.24, 2.45) is 0 Å². The SMILES string of the molecule is COc1ccc(C=CC(=O)N(CCSC)c2ccccc2)cc1. The predicted octanol–water partition coefficient (Wildman–Crippen LogP) is 4.10. The van der Waals surface area contributed by atoms with Crippen LogP contribution in [0.5, 0.6) is 5.75 Å². The molecule has 0 spiro atoms. The van der Waals surface area contributed by atoms with Crippen molar-refractivity contribution in [2.45, 2.75) is 0 Å². The summed E-state index contributed by atoms with van der Waals surface area (Å²) >= 11 is 1.73. The van der Waals surface area contributed by atoms with Crippen LogP contribution in [0.15, 0.2) is 60.7 Å². The lowest BCUT2D eigenvalue weighted by Gasteiger charge is -2.21. The topological polar surface area (TPSA) is 29.5 Å². The van der Waals surface area contributed by atoms with Gasteiger partial charge in [-0.2, -0.15) is 11.8 Å². The number of benzene rings is 2. The Labute approximate surface area is 142 Å². The first-order valence-electron chi connectivity index (χ1n) is 7.42. The Morgan fingerprint density at radius 1 is 1.13 bits per heavy atom. The van der Waals surface area contributed by atoms with E-state index in [1.165, 1.54) is 0 Å². The van der Waals surface area contributed by atoms with E-state index >= 15 is 0 Å². The van der Waals surface area contributed by atoms with Crippen LogP contribution in [0.1, 0.15) is 5.56 Å². The van der Waals surface area contributed by atoms with Gasteiger partial charge in [-0.1, -0.05) is 30.3 Å². The lowest BCUT2D eigenvalue weighted by molar-refractivity contribution is -0.114. The summed E-state index contributed by atoms with van der Waals surface area (Å²) < 4.78 is 5.13. The van der Waals surface area contributed by atoms with Gasteiger partial charge in [0.15, 0.2) is 0 Å². The van der Waals surface area contributed by atoms with Crippen molar-refractivity contribution in [3.63, 3.8) is 0 Å². The van der Waals surface area contributed by atoms with Gasteiger partial charge in [0.25, 0.3) is 5.91 Å². The summed E-state index contributed by atoms with van der Waals surface area (Å²) in [5.41, 5.74) is 1.89. The van der Waals surface area contributed by atoms with E-state index < -0.39 is 0 Å². The molecule has 0 saturated carbocycles. The summed E-state index contributed by atoms with van der Waals surface area (Å²) in [4.78, 5) is 14.4. The number of para-hydroxylation sites is 1. The van der Waals surface area contributed by atoms with Crippen molar-refractivity contribution in [1.29, 1.82) is 0 Å². The minimum Gasteiger partial charge on any atom is -0.497 e. The predicted molar refractivity (Wildman–Crippen MR) is 99.2 cm³/mol. The fraction of sp³-hybridized carbons (Fsp3) is 0.211.